The Hall–Kier alpha value is -1.51. The summed E-state index contributed by atoms with van der Waals surface area (Å²) in [5, 5.41) is 9.49. The third-order valence-corrected chi connectivity index (χ3v) is 2.00. The summed E-state index contributed by atoms with van der Waals surface area (Å²) in [4.78, 5) is 10.6. The first kappa shape index (κ1) is 10.6. The van der Waals surface area contributed by atoms with Crippen LogP contribution in [0, 0.1) is 0 Å². The van der Waals surface area contributed by atoms with Crippen LogP contribution in [0.4, 0.5) is 0 Å². The second-order valence-corrected chi connectivity index (χ2v) is 3.08. The monoisotopic (exact) mass is 194 g/mol. The molecule has 0 heterocycles. The van der Waals surface area contributed by atoms with Gasteiger partial charge in [-0.05, 0) is 25.1 Å². The molecule has 1 unspecified atom stereocenters. The normalized spacial score (nSPS) is 12.1. The Morgan fingerprint density at radius 1 is 1.57 bits per heavy atom. The summed E-state index contributed by atoms with van der Waals surface area (Å²) in [7, 11) is 0. The maximum absolute atomic E-state index is 10.6. The van der Waals surface area contributed by atoms with Gasteiger partial charge < -0.3 is 14.6 Å². The summed E-state index contributed by atoms with van der Waals surface area (Å²) in [6.07, 6.45) is 0.796. The highest BCUT2D eigenvalue weighted by molar-refractivity contribution is 5.64. The fourth-order valence-corrected chi connectivity index (χ4v) is 1.23. The van der Waals surface area contributed by atoms with Crippen molar-refractivity contribution < 1.29 is 14.6 Å². The number of carbonyl (C=O) groups excluding carboxylic acids is 1. The number of carbonyl (C=O) groups is 1. The van der Waals surface area contributed by atoms with Gasteiger partial charge in [0.05, 0.1) is 6.61 Å². The highest BCUT2D eigenvalue weighted by Gasteiger charge is 2.10. The molecule has 0 bridgehead atoms. The van der Waals surface area contributed by atoms with Gasteiger partial charge in [-0.15, -0.1) is 0 Å². The van der Waals surface area contributed by atoms with E-state index in [4.69, 9.17) is 4.74 Å². The molecule has 3 heteroatoms. The molecule has 0 amide bonds. The Bertz CT molecular complexity index is 320. The van der Waals surface area contributed by atoms with Gasteiger partial charge >= 0.3 is 0 Å². The summed E-state index contributed by atoms with van der Waals surface area (Å²) in [6, 6.07) is 4.91. The Kier molecular flexibility index (Phi) is 3.51. The SMILES string of the molecule is CCOc1ccc(O)c(C(C)C=O)c1. The number of aromatic hydroxyl groups is 1. The molecule has 0 aliphatic carbocycles. The molecule has 1 atom stereocenters. The van der Waals surface area contributed by atoms with Crippen molar-refractivity contribution in [2.75, 3.05) is 6.61 Å². The second-order valence-electron chi connectivity index (χ2n) is 3.08. The lowest BCUT2D eigenvalue weighted by Crippen LogP contribution is -1.97. The number of benzene rings is 1. The van der Waals surface area contributed by atoms with Crippen molar-refractivity contribution in [3.63, 3.8) is 0 Å². The Morgan fingerprint density at radius 3 is 2.86 bits per heavy atom. The average molecular weight is 194 g/mol. The zero-order valence-electron chi connectivity index (χ0n) is 8.36. The lowest BCUT2D eigenvalue weighted by molar-refractivity contribution is -0.108. The summed E-state index contributed by atoms with van der Waals surface area (Å²) in [5.41, 5.74) is 0.603. The number of phenolic OH excluding ortho intramolecular Hbond substituents is 1. The van der Waals surface area contributed by atoms with Gasteiger partial charge in [-0.2, -0.15) is 0 Å². The van der Waals surface area contributed by atoms with Gasteiger partial charge in [0.2, 0.25) is 0 Å². The van der Waals surface area contributed by atoms with Crippen molar-refractivity contribution in [3.05, 3.63) is 23.8 Å². The van der Waals surface area contributed by atoms with E-state index in [1.54, 1.807) is 25.1 Å². The van der Waals surface area contributed by atoms with Crippen molar-refractivity contribution in [3.8, 4) is 11.5 Å². The van der Waals surface area contributed by atoms with Crippen molar-refractivity contribution in [1.82, 2.24) is 0 Å². The first-order chi connectivity index (χ1) is 6.69. The third kappa shape index (κ3) is 2.25. The summed E-state index contributed by atoms with van der Waals surface area (Å²) in [6.45, 7) is 4.19. The summed E-state index contributed by atoms with van der Waals surface area (Å²) in [5.74, 6) is 0.498. The molecular formula is C11H14O3. The van der Waals surface area contributed by atoms with E-state index in [2.05, 4.69) is 0 Å². The maximum Gasteiger partial charge on any atom is 0.127 e. The van der Waals surface area contributed by atoms with E-state index in [1.165, 1.54) is 0 Å². The molecule has 0 spiro atoms. The highest BCUT2D eigenvalue weighted by Crippen LogP contribution is 2.28. The van der Waals surface area contributed by atoms with Crippen molar-refractivity contribution >= 4 is 6.29 Å². The van der Waals surface area contributed by atoms with Gasteiger partial charge in [0.15, 0.2) is 0 Å². The van der Waals surface area contributed by atoms with E-state index in [-0.39, 0.29) is 11.7 Å². The van der Waals surface area contributed by atoms with E-state index >= 15 is 0 Å². The Balaban J connectivity index is 3.01. The van der Waals surface area contributed by atoms with Crippen LogP contribution >= 0.6 is 0 Å². The summed E-state index contributed by atoms with van der Waals surface area (Å²) >= 11 is 0. The van der Waals surface area contributed by atoms with E-state index in [9.17, 15) is 9.90 Å². The van der Waals surface area contributed by atoms with Crippen LogP contribution in [-0.4, -0.2) is 18.0 Å². The Morgan fingerprint density at radius 2 is 2.29 bits per heavy atom. The predicted octanol–water partition coefficient (Wildman–Crippen LogP) is 2.09. The van der Waals surface area contributed by atoms with E-state index in [0.717, 1.165) is 6.29 Å². The molecule has 0 aliphatic heterocycles. The summed E-state index contributed by atoms with van der Waals surface area (Å²) < 4.78 is 5.27. The fraction of sp³-hybridized carbons (Fsp3) is 0.364. The minimum Gasteiger partial charge on any atom is -0.508 e. The first-order valence-electron chi connectivity index (χ1n) is 4.60. The molecule has 0 aromatic heterocycles. The zero-order chi connectivity index (χ0) is 10.6. The molecule has 76 valence electrons. The average Bonchev–Trinajstić information content (AvgIpc) is 2.20. The smallest absolute Gasteiger partial charge is 0.127 e. The van der Waals surface area contributed by atoms with Crippen molar-refractivity contribution in [2.24, 2.45) is 0 Å². The molecule has 0 saturated heterocycles. The zero-order valence-corrected chi connectivity index (χ0v) is 8.36. The van der Waals surface area contributed by atoms with Gasteiger partial charge in [-0.3, -0.25) is 0 Å². The van der Waals surface area contributed by atoms with Gasteiger partial charge in [-0.1, -0.05) is 6.92 Å². The number of hydrogen-bond acceptors (Lipinski definition) is 3. The van der Waals surface area contributed by atoms with Crippen LogP contribution in [0.15, 0.2) is 18.2 Å². The largest absolute Gasteiger partial charge is 0.508 e. The van der Waals surface area contributed by atoms with Crippen molar-refractivity contribution in [2.45, 2.75) is 19.8 Å². The van der Waals surface area contributed by atoms with Crippen LogP contribution in [0.5, 0.6) is 11.5 Å². The maximum atomic E-state index is 10.6. The van der Waals surface area contributed by atoms with Crippen LogP contribution in [0.2, 0.25) is 0 Å². The first-order valence-corrected chi connectivity index (χ1v) is 4.60. The molecule has 0 fully saturated rings. The number of phenols is 1. The highest BCUT2D eigenvalue weighted by atomic mass is 16.5. The van der Waals surface area contributed by atoms with Gasteiger partial charge in [0, 0.05) is 11.5 Å². The molecule has 1 aromatic carbocycles. The molecule has 3 nitrogen and oxygen atoms in total. The second kappa shape index (κ2) is 4.65. The molecule has 0 aliphatic rings. The minimum absolute atomic E-state index is 0.132. The number of ether oxygens (including phenoxy) is 1. The quantitative estimate of drug-likeness (QED) is 0.746. The van der Waals surface area contributed by atoms with Gasteiger partial charge in [-0.25, -0.2) is 0 Å². The number of aldehydes is 1. The van der Waals surface area contributed by atoms with Crippen LogP contribution in [0.1, 0.15) is 25.3 Å². The molecule has 1 N–H and O–H groups in total. The molecule has 0 saturated carbocycles. The van der Waals surface area contributed by atoms with E-state index < -0.39 is 0 Å². The predicted molar refractivity (Wildman–Crippen MR) is 53.8 cm³/mol. The number of hydrogen-bond donors (Lipinski definition) is 1. The van der Waals surface area contributed by atoms with Crippen LogP contribution < -0.4 is 4.74 Å². The molecule has 14 heavy (non-hydrogen) atoms. The van der Waals surface area contributed by atoms with Crippen LogP contribution in [0.3, 0.4) is 0 Å². The molecular weight excluding hydrogens is 180 g/mol. The van der Waals surface area contributed by atoms with E-state index in [0.29, 0.717) is 17.9 Å². The fourth-order valence-electron chi connectivity index (χ4n) is 1.23. The standard InChI is InChI=1S/C11H14O3/c1-3-14-9-4-5-11(13)10(6-9)8(2)7-12/h4-8,13H,3H2,1-2H3. The third-order valence-electron chi connectivity index (χ3n) is 2.00. The lowest BCUT2D eigenvalue weighted by Gasteiger charge is -2.09. The van der Waals surface area contributed by atoms with Crippen molar-refractivity contribution in [1.29, 1.82) is 0 Å². The van der Waals surface area contributed by atoms with Crippen LogP contribution in [-0.2, 0) is 4.79 Å². The van der Waals surface area contributed by atoms with Gasteiger partial charge in [0.1, 0.15) is 17.8 Å². The van der Waals surface area contributed by atoms with Crippen LogP contribution in [0.25, 0.3) is 0 Å². The Labute approximate surface area is 83.3 Å². The van der Waals surface area contributed by atoms with Gasteiger partial charge in [0.25, 0.3) is 0 Å². The molecule has 1 rings (SSSR count). The topological polar surface area (TPSA) is 46.5 Å². The minimum atomic E-state index is -0.310. The molecule has 1 aromatic rings. The lowest BCUT2D eigenvalue weighted by atomic mass is 10.0. The molecule has 0 radical (unpaired) electrons. The van der Waals surface area contributed by atoms with E-state index in [1.807, 2.05) is 6.92 Å². The number of rotatable bonds is 4.